The fourth-order valence-corrected chi connectivity index (χ4v) is 0.695. The van der Waals surface area contributed by atoms with Crippen molar-refractivity contribution >= 4 is 11.6 Å². The largest absolute Gasteiger partial charge is 0.426 e. The van der Waals surface area contributed by atoms with Crippen molar-refractivity contribution in [1.82, 2.24) is 0 Å². The second kappa shape index (κ2) is 3.48. The Bertz CT molecular complexity index is 167. The Morgan fingerprint density at radius 2 is 1.64 bits per heavy atom. The van der Waals surface area contributed by atoms with E-state index in [9.17, 15) is 13.2 Å². The third kappa shape index (κ3) is 3.14. The van der Waals surface area contributed by atoms with Crippen LogP contribution in [0.15, 0.2) is 10.6 Å². The zero-order valence-electron chi connectivity index (χ0n) is 6.59. The first-order valence-electron chi connectivity index (χ1n) is 3.20. The summed E-state index contributed by atoms with van der Waals surface area (Å²) in [4.78, 5) is 0. The van der Waals surface area contributed by atoms with Crippen molar-refractivity contribution in [3.8, 4) is 0 Å². The molecule has 0 aliphatic rings. The van der Waals surface area contributed by atoms with Crippen LogP contribution >= 0.6 is 11.6 Å². The minimum atomic E-state index is -4.39. The Morgan fingerprint density at radius 1 is 1.27 bits per heavy atom. The van der Waals surface area contributed by atoms with Crippen molar-refractivity contribution in [3.05, 3.63) is 10.6 Å². The fraction of sp³-hybridized carbons (Fsp3) is 0.714. The molecule has 11 heavy (non-hydrogen) atoms. The van der Waals surface area contributed by atoms with Crippen LogP contribution in [0.5, 0.6) is 0 Å². The van der Waals surface area contributed by atoms with Gasteiger partial charge in [-0.2, -0.15) is 13.2 Å². The van der Waals surface area contributed by atoms with Crippen LogP contribution in [0.2, 0.25) is 0 Å². The molecule has 0 saturated carbocycles. The van der Waals surface area contributed by atoms with Crippen molar-refractivity contribution in [2.24, 2.45) is 5.92 Å². The number of halogens is 4. The van der Waals surface area contributed by atoms with E-state index in [0.717, 1.165) is 0 Å². The fourth-order valence-electron chi connectivity index (χ4n) is 0.477. The first kappa shape index (κ1) is 10.8. The first-order valence-corrected chi connectivity index (χ1v) is 3.58. The van der Waals surface area contributed by atoms with Gasteiger partial charge in [0.1, 0.15) is 5.03 Å². The maximum Gasteiger partial charge on any atom is 0.426 e. The normalized spacial score (nSPS) is 15.3. The maximum atomic E-state index is 11.9. The Labute approximate surface area is 69.0 Å². The highest BCUT2D eigenvalue weighted by atomic mass is 35.5. The van der Waals surface area contributed by atoms with Gasteiger partial charge in [0.05, 0.1) is 0 Å². The van der Waals surface area contributed by atoms with E-state index in [1.165, 1.54) is 6.92 Å². The smallest absolute Gasteiger partial charge is 0.165 e. The van der Waals surface area contributed by atoms with Crippen LogP contribution in [-0.2, 0) is 0 Å². The van der Waals surface area contributed by atoms with Crippen LogP contribution in [0.1, 0.15) is 20.8 Å². The molecule has 0 nitrogen and oxygen atoms in total. The SMILES string of the molecule is C/C(=C(/Cl)C(F)(F)F)C(C)C. The van der Waals surface area contributed by atoms with Gasteiger partial charge in [0.2, 0.25) is 0 Å². The van der Waals surface area contributed by atoms with Crippen LogP contribution in [-0.4, -0.2) is 6.18 Å². The summed E-state index contributed by atoms with van der Waals surface area (Å²) in [6, 6.07) is 0. The summed E-state index contributed by atoms with van der Waals surface area (Å²) in [5.74, 6) is -0.163. The summed E-state index contributed by atoms with van der Waals surface area (Å²) < 4.78 is 35.6. The zero-order chi connectivity index (χ0) is 9.23. The molecule has 0 spiro atoms. The predicted octanol–water partition coefficient (Wildman–Crippen LogP) is 3.72. The molecule has 0 N–H and O–H groups in total. The van der Waals surface area contributed by atoms with Crippen LogP contribution in [0.3, 0.4) is 0 Å². The molecule has 0 aromatic heterocycles. The molecule has 0 unspecified atom stereocenters. The van der Waals surface area contributed by atoms with Crippen LogP contribution in [0, 0.1) is 5.92 Å². The summed E-state index contributed by atoms with van der Waals surface area (Å²) >= 11 is 5.06. The van der Waals surface area contributed by atoms with Gasteiger partial charge in [0.15, 0.2) is 0 Å². The maximum absolute atomic E-state index is 11.9. The molecule has 0 aliphatic carbocycles. The average Bonchev–Trinajstić information content (AvgIpc) is 1.82. The molecule has 0 aromatic carbocycles. The lowest BCUT2D eigenvalue weighted by atomic mass is 10.1. The van der Waals surface area contributed by atoms with Gasteiger partial charge in [-0.15, -0.1) is 0 Å². The van der Waals surface area contributed by atoms with Gasteiger partial charge in [0.25, 0.3) is 0 Å². The van der Waals surface area contributed by atoms with Crippen LogP contribution < -0.4 is 0 Å². The third-order valence-electron chi connectivity index (χ3n) is 1.46. The Balaban J connectivity index is 4.67. The molecule has 0 fully saturated rings. The molecule has 0 aromatic rings. The van der Waals surface area contributed by atoms with Gasteiger partial charge in [-0.25, -0.2) is 0 Å². The highest BCUT2D eigenvalue weighted by Gasteiger charge is 2.34. The number of allylic oxidation sites excluding steroid dienone is 2. The minimum absolute atomic E-state index is 0.163. The molecule has 0 heterocycles. The van der Waals surface area contributed by atoms with Crippen molar-refractivity contribution in [2.75, 3.05) is 0 Å². The van der Waals surface area contributed by atoms with Gasteiger partial charge < -0.3 is 0 Å². The van der Waals surface area contributed by atoms with Crippen molar-refractivity contribution in [2.45, 2.75) is 26.9 Å². The predicted molar refractivity (Wildman–Crippen MR) is 39.4 cm³/mol. The first-order chi connectivity index (χ1) is 4.76. The topological polar surface area (TPSA) is 0 Å². The lowest BCUT2D eigenvalue weighted by Gasteiger charge is -2.11. The standard InChI is InChI=1S/C7H10ClF3/c1-4(2)5(3)6(8)7(9,10)11/h4H,1-3H3/b6-5-. The van der Waals surface area contributed by atoms with E-state index >= 15 is 0 Å². The van der Waals surface area contributed by atoms with Crippen molar-refractivity contribution < 1.29 is 13.2 Å². The highest BCUT2D eigenvalue weighted by molar-refractivity contribution is 6.30. The van der Waals surface area contributed by atoms with Crippen LogP contribution in [0.25, 0.3) is 0 Å². The Kier molecular flexibility index (Phi) is 3.42. The van der Waals surface area contributed by atoms with E-state index in [4.69, 9.17) is 11.6 Å². The highest BCUT2D eigenvalue weighted by Crippen LogP contribution is 2.33. The number of alkyl halides is 3. The molecule has 66 valence electrons. The number of rotatable bonds is 1. The van der Waals surface area contributed by atoms with Gasteiger partial charge >= 0.3 is 6.18 Å². The molecule has 4 heteroatoms. The summed E-state index contributed by atoms with van der Waals surface area (Å²) in [7, 11) is 0. The molecule has 0 amide bonds. The van der Waals surface area contributed by atoms with Gasteiger partial charge in [-0.3, -0.25) is 0 Å². The second-order valence-corrected chi connectivity index (χ2v) is 3.03. The number of hydrogen-bond acceptors (Lipinski definition) is 0. The van der Waals surface area contributed by atoms with Crippen LogP contribution in [0.4, 0.5) is 13.2 Å². The Morgan fingerprint density at radius 3 is 1.73 bits per heavy atom. The average molecular weight is 187 g/mol. The second-order valence-electron chi connectivity index (χ2n) is 2.65. The number of hydrogen-bond donors (Lipinski definition) is 0. The van der Waals surface area contributed by atoms with E-state index < -0.39 is 11.2 Å². The third-order valence-corrected chi connectivity index (χ3v) is 1.97. The van der Waals surface area contributed by atoms with Crippen molar-refractivity contribution in [3.63, 3.8) is 0 Å². The summed E-state index contributed by atoms with van der Waals surface area (Å²) in [6.45, 7) is 4.73. The van der Waals surface area contributed by atoms with E-state index in [-0.39, 0.29) is 11.5 Å². The molecule has 0 radical (unpaired) electrons. The molecular weight excluding hydrogens is 177 g/mol. The molecule has 0 saturated heterocycles. The lowest BCUT2D eigenvalue weighted by Crippen LogP contribution is -2.10. The van der Waals surface area contributed by atoms with E-state index in [1.807, 2.05) is 0 Å². The van der Waals surface area contributed by atoms with E-state index in [1.54, 1.807) is 13.8 Å². The molecule has 0 rings (SSSR count). The molecule has 0 bridgehead atoms. The van der Waals surface area contributed by atoms with Gasteiger partial charge in [0, 0.05) is 0 Å². The zero-order valence-corrected chi connectivity index (χ0v) is 7.35. The Hall–Kier alpha value is -0.180. The summed E-state index contributed by atoms with van der Waals surface area (Å²) in [6.07, 6.45) is -4.39. The summed E-state index contributed by atoms with van der Waals surface area (Å²) in [5, 5.41) is -0.993. The molecule has 0 aliphatic heterocycles. The van der Waals surface area contributed by atoms with Gasteiger partial charge in [-0.1, -0.05) is 25.4 Å². The van der Waals surface area contributed by atoms with E-state index in [0.29, 0.717) is 0 Å². The minimum Gasteiger partial charge on any atom is -0.165 e. The van der Waals surface area contributed by atoms with E-state index in [2.05, 4.69) is 0 Å². The lowest BCUT2D eigenvalue weighted by molar-refractivity contribution is -0.0856. The quantitative estimate of drug-likeness (QED) is 0.586. The van der Waals surface area contributed by atoms with Crippen molar-refractivity contribution in [1.29, 1.82) is 0 Å². The molecule has 0 atom stereocenters. The van der Waals surface area contributed by atoms with Gasteiger partial charge in [-0.05, 0) is 18.4 Å². The monoisotopic (exact) mass is 186 g/mol. The summed E-state index contributed by atoms with van der Waals surface area (Å²) in [5.41, 5.74) is 0.180. The molecular formula is C7H10ClF3.